The summed E-state index contributed by atoms with van der Waals surface area (Å²) in [6.07, 6.45) is 13.8. The van der Waals surface area contributed by atoms with Gasteiger partial charge in [0, 0.05) is 12.8 Å². The molecule has 0 rings (SSSR count). The Balaban J connectivity index is 3.40. The molecule has 0 heterocycles. The van der Waals surface area contributed by atoms with Crippen molar-refractivity contribution in [3.8, 4) is 0 Å². The number of rotatable bonds is 18. The monoisotopic (exact) mass is 384 g/mol. The van der Waals surface area contributed by atoms with Crippen molar-refractivity contribution >= 4 is 11.9 Å². The van der Waals surface area contributed by atoms with Gasteiger partial charge in [-0.15, -0.1) is 0 Å². The van der Waals surface area contributed by atoms with Crippen LogP contribution in [-0.4, -0.2) is 24.6 Å². The molecule has 0 aliphatic heterocycles. The number of unbranched alkanes of at least 4 members (excludes halogenated alkanes) is 7. The average molecular weight is 385 g/mol. The van der Waals surface area contributed by atoms with E-state index in [0.29, 0.717) is 25.4 Å². The third-order valence-corrected chi connectivity index (χ3v) is 4.75. The minimum atomic E-state index is -0.0589. The molecule has 0 saturated heterocycles. The second-order valence-corrected chi connectivity index (χ2v) is 8.17. The van der Waals surface area contributed by atoms with Crippen molar-refractivity contribution in [2.45, 2.75) is 124 Å². The topological polar surface area (TPSA) is 52.6 Å². The fourth-order valence-electron chi connectivity index (χ4n) is 3.01. The van der Waals surface area contributed by atoms with Gasteiger partial charge in [-0.3, -0.25) is 9.59 Å². The Morgan fingerprint density at radius 3 is 1.89 bits per heavy atom. The minimum Gasteiger partial charge on any atom is -0.466 e. The van der Waals surface area contributed by atoms with Gasteiger partial charge < -0.3 is 9.47 Å². The zero-order valence-corrected chi connectivity index (χ0v) is 18.4. The average Bonchev–Trinajstić information content (AvgIpc) is 2.60. The van der Waals surface area contributed by atoms with E-state index >= 15 is 0 Å². The van der Waals surface area contributed by atoms with Crippen LogP contribution in [-0.2, 0) is 19.1 Å². The lowest BCUT2D eigenvalue weighted by Crippen LogP contribution is -2.14. The van der Waals surface area contributed by atoms with Crippen LogP contribution in [0.5, 0.6) is 0 Å². The Labute approximate surface area is 167 Å². The van der Waals surface area contributed by atoms with E-state index in [0.717, 1.165) is 70.6 Å². The molecule has 4 nitrogen and oxygen atoms in total. The highest BCUT2D eigenvalue weighted by molar-refractivity contribution is 5.69. The Morgan fingerprint density at radius 2 is 1.30 bits per heavy atom. The number of hydrogen-bond donors (Lipinski definition) is 0. The minimum absolute atomic E-state index is 0.0398. The van der Waals surface area contributed by atoms with Crippen molar-refractivity contribution in [2.24, 2.45) is 5.92 Å². The van der Waals surface area contributed by atoms with E-state index in [2.05, 4.69) is 20.8 Å². The molecule has 1 unspecified atom stereocenters. The molecule has 0 radical (unpaired) electrons. The van der Waals surface area contributed by atoms with E-state index in [1.165, 1.54) is 6.42 Å². The van der Waals surface area contributed by atoms with E-state index in [-0.39, 0.29) is 18.0 Å². The van der Waals surface area contributed by atoms with E-state index in [1.54, 1.807) is 0 Å². The number of ether oxygens (including phenoxy) is 2. The maximum absolute atomic E-state index is 11.8. The molecule has 27 heavy (non-hydrogen) atoms. The van der Waals surface area contributed by atoms with Gasteiger partial charge in [0.15, 0.2) is 0 Å². The molecule has 0 saturated carbocycles. The SMILES string of the molecule is CCCCCOC(=O)CCCCCCCCC(=O)OC(C)CCCC(C)C. The molecule has 0 amide bonds. The first-order valence-corrected chi connectivity index (χ1v) is 11.3. The van der Waals surface area contributed by atoms with Crippen molar-refractivity contribution in [2.75, 3.05) is 6.61 Å². The van der Waals surface area contributed by atoms with E-state index < -0.39 is 0 Å². The first-order chi connectivity index (χ1) is 13.0. The summed E-state index contributed by atoms with van der Waals surface area (Å²) in [5.41, 5.74) is 0. The molecule has 0 aromatic heterocycles. The molecular formula is C23H44O4. The van der Waals surface area contributed by atoms with Gasteiger partial charge >= 0.3 is 11.9 Å². The van der Waals surface area contributed by atoms with Gasteiger partial charge in [0.05, 0.1) is 12.7 Å². The van der Waals surface area contributed by atoms with Crippen LogP contribution in [0.25, 0.3) is 0 Å². The van der Waals surface area contributed by atoms with Gasteiger partial charge in [0.25, 0.3) is 0 Å². The summed E-state index contributed by atoms with van der Waals surface area (Å²) < 4.78 is 10.7. The van der Waals surface area contributed by atoms with Gasteiger partial charge in [-0.2, -0.15) is 0 Å². The quantitative estimate of drug-likeness (QED) is 0.197. The van der Waals surface area contributed by atoms with Crippen molar-refractivity contribution in [3.05, 3.63) is 0 Å². The van der Waals surface area contributed by atoms with Crippen LogP contribution in [0.2, 0.25) is 0 Å². The summed E-state index contributed by atoms with van der Waals surface area (Å²) in [5.74, 6) is 0.596. The lowest BCUT2D eigenvalue weighted by Gasteiger charge is -2.13. The van der Waals surface area contributed by atoms with Crippen LogP contribution in [0.4, 0.5) is 0 Å². The van der Waals surface area contributed by atoms with Crippen molar-refractivity contribution in [1.82, 2.24) is 0 Å². The highest BCUT2D eigenvalue weighted by Gasteiger charge is 2.09. The summed E-state index contributed by atoms with van der Waals surface area (Å²) in [7, 11) is 0. The molecule has 0 fully saturated rings. The standard InChI is InChI=1S/C23H44O4/c1-5-6-13-19-26-22(24)17-11-9-7-8-10-12-18-23(25)27-21(4)16-14-15-20(2)3/h20-21H,5-19H2,1-4H3. The molecule has 0 bridgehead atoms. The summed E-state index contributed by atoms with van der Waals surface area (Å²) in [4.78, 5) is 23.3. The largest absolute Gasteiger partial charge is 0.466 e. The van der Waals surface area contributed by atoms with Crippen LogP contribution in [0, 0.1) is 5.92 Å². The first-order valence-electron chi connectivity index (χ1n) is 11.3. The fourth-order valence-corrected chi connectivity index (χ4v) is 3.01. The van der Waals surface area contributed by atoms with Crippen LogP contribution >= 0.6 is 0 Å². The van der Waals surface area contributed by atoms with Gasteiger partial charge in [-0.1, -0.05) is 65.7 Å². The van der Waals surface area contributed by atoms with E-state index in [1.807, 2.05) is 6.92 Å². The lowest BCUT2D eigenvalue weighted by molar-refractivity contribution is -0.148. The number of carbonyl (C=O) groups is 2. The van der Waals surface area contributed by atoms with Crippen LogP contribution < -0.4 is 0 Å². The molecule has 0 aliphatic carbocycles. The molecule has 1 atom stereocenters. The number of esters is 2. The lowest BCUT2D eigenvalue weighted by atomic mass is 10.0. The second kappa shape index (κ2) is 18.3. The predicted molar refractivity (Wildman–Crippen MR) is 112 cm³/mol. The number of carbonyl (C=O) groups excluding carboxylic acids is 2. The van der Waals surface area contributed by atoms with Crippen LogP contribution in [0.15, 0.2) is 0 Å². The maximum atomic E-state index is 11.8. The van der Waals surface area contributed by atoms with Gasteiger partial charge in [0.1, 0.15) is 0 Å². The Bertz CT molecular complexity index is 365. The molecule has 0 spiro atoms. The Morgan fingerprint density at radius 1 is 0.704 bits per heavy atom. The highest BCUT2D eigenvalue weighted by atomic mass is 16.5. The summed E-state index contributed by atoms with van der Waals surface area (Å²) in [5, 5.41) is 0. The normalized spacial score (nSPS) is 12.2. The van der Waals surface area contributed by atoms with Crippen molar-refractivity contribution < 1.29 is 19.1 Å². The zero-order valence-electron chi connectivity index (χ0n) is 18.4. The third-order valence-electron chi connectivity index (χ3n) is 4.75. The molecule has 0 N–H and O–H groups in total. The van der Waals surface area contributed by atoms with Gasteiger partial charge in [-0.05, 0) is 44.9 Å². The Kier molecular flexibility index (Phi) is 17.6. The molecule has 4 heteroatoms. The fraction of sp³-hybridized carbons (Fsp3) is 0.913. The van der Waals surface area contributed by atoms with Crippen molar-refractivity contribution in [1.29, 1.82) is 0 Å². The summed E-state index contributed by atoms with van der Waals surface area (Å²) in [6, 6.07) is 0. The smallest absolute Gasteiger partial charge is 0.306 e. The van der Waals surface area contributed by atoms with E-state index in [4.69, 9.17) is 9.47 Å². The molecule has 0 aliphatic rings. The van der Waals surface area contributed by atoms with Crippen LogP contribution in [0.1, 0.15) is 118 Å². The van der Waals surface area contributed by atoms with Crippen LogP contribution in [0.3, 0.4) is 0 Å². The zero-order chi connectivity index (χ0) is 20.3. The third kappa shape index (κ3) is 19.5. The molecule has 160 valence electrons. The maximum Gasteiger partial charge on any atom is 0.306 e. The highest BCUT2D eigenvalue weighted by Crippen LogP contribution is 2.13. The summed E-state index contributed by atoms with van der Waals surface area (Å²) in [6.45, 7) is 9.14. The molecular weight excluding hydrogens is 340 g/mol. The summed E-state index contributed by atoms with van der Waals surface area (Å²) >= 11 is 0. The Hall–Kier alpha value is -1.06. The van der Waals surface area contributed by atoms with Crippen molar-refractivity contribution in [3.63, 3.8) is 0 Å². The predicted octanol–water partition coefficient (Wildman–Crippen LogP) is 6.60. The van der Waals surface area contributed by atoms with Gasteiger partial charge in [-0.25, -0.2) is 0 Å². The first kappa shape index (κ1) is 25.9. The van der Waals surface area contributed by atoms with E-state index in [9.17, 15) is 9.59 Å². The van der Waals surface area contributed by atoms with Gasteiger partial charge in [0.2, 0.25) is 0 Å². The second-order valence-electron chi connectivity index (χ2n) is 8.17. The molecule has 0 aromatic rings. The molecule has 0 aromatic carbocycles. The number of hydrogen-bond acceptors (Lipinski definition) is 4.